The topological polar surface area (TPSA) is 26.3 Å². The van der Waals surface area contributed by atoms with Crippen LogP contribution in [0.3, 0.4) is 0 Å². The van der Waals surface area contributed by atoms with Crippen molar-refractivity contribution >= 4 is 5.97 Å². The second-order valence-electron chi connectivity index (χ2n) is 4.88. The molecule has 0 heterocycles. The predicted molar refractivity (Wildman–Crippen MR) is 86.7 cm³/mol. The predicted octanol–water partition coefficient (Wildman–Crippen LogP) is 5.36. The molecule has 0 amide bonds. The van der Waals surface area contributed by atoms with Gasteiger partial charge in [0.1, 0.15) is 0 Å². The molecule has 0 saturated carbocycles. The number of rotatable bonds is 12. The number of carbonyl (C=O) groups is 1. The van der Waals surface area contributed by atoms with Crippen LogP contribution in [0.15, 0.2) is 36.5 Å². The van der Waals surface area contributed by atoms with E-state index in [1.54, 1.807) is 0 Å². The van der Waals surface area contributed by atoms with E-state index in [1.807, 2.05) is 0 Å². The molecule has 0 aromatic rings. The second-order valence-corrected chi connectivity index (χ2v) is 4.88. The lowest BCUT2D eigenvalue weighted by molar-refractivity contribution is -0.141. The Balaban J connectivity index is 3.32. The van der Waals surface area contributed by atoms with Crippen LogP contribution in [0, 0.1) is 0 Å². The van der Waals surface area contributed by atoms with E-state index in [2.05, 4.69) is 43.4 Å². The molecule has 0 aromatic heterocycles. The van der Waals surface area contributed by atoms with Crippen LogP contribution in [-0.4, -0.2) is 12.6 Å². The van der Waals surface area contributed by atoms with E-state index in [0.29, 0.717) is 6.61 Å². The molecular formula is C18H30O2. The number of carbonyl (C=O) groups excluding carboxylic acids is 1. The van der Waals surface area contributed by atoms with Crippen molar-refractivity contribution in [3.8, 4) is 0 Å². The lowest BCUT2D eigenvalue weighted by Gasteiger charge is -1.97. The average molecular weight is 278 g/mol. The minimum atomic E-state index is -0.198. The fraction of sp³-hybridized carbons (Fsp3) is 0.611. The molecule has 114 valence electrons. The lowest BCUT2D eigenvalue weighted by Crippen LogP contribution is -1.99. The Bertz CT molecular complexity index is 301. The number of esters is 1. The Morgan fingerprint density at radius 2 is 1.45 bits per heavy atom. The standard InChI is InChI=1S/C18H30O2/c1-3-4-5-6-7-8-9-10-11-12-13-14-15-16-17-20-18(2)19/h7-8,11-14H,3-6,9-10,15-17H2,1-2H3/b8-7+,12-11+,14-13+. The van der Waals surface area contributed by atoms with Gasteiger partial charge in [0, 0.05) is 6.92 Å². The van der Waals surface area contributed by atoms with E-state index in [-0.39, 0.29) is 5.97 Å². The molecule has 0 N–H and O–H groups in total. The highest BCUT2D eigenvalue weighted by Crippen LogP contribution is 2.01. The van der Waals surface area contributed by atoms with Gasteiger partial charge in [-0.2, -0.15) is 0 Å². The summed E-state index contributed by atoms with van der Waals surface area (Å²) in [5.74, 6) is -0.198. The van der Waals surface area contributed by atoms with Gasteiger partial charge in [-0.05, 0) is 38.5 Å². The second kappa shape index (κ2) is 15.7. The van der Waals surface area contributed by atoms with Gasteiger partial charge in [0.15, 0.2) is 0 Å². The molecule has 0 aromatic carbocycles. The van der Waals surface area contributed by atoms with Gasteiger partial charge in [-0.1, -0.05) is 56.2 Å². The molecule has 0 unspecified atom stereocenters. The van der Waals surface area contributed by atoms with Crippen LogP contribution in [0.25, 0.3) is 0 Å². The Morgan fingerprint density at radius 1 is 0.850 bits per heavy atom. The maximum atomic E-state index is 10.5. The summed E-state index contributed by atoms with van der Waals surface area (Å²) in [5.41, 5.74) is 0. The Hall–Kier alpha value is -1.31. The molecule has 0 aliphatic carbocycles. The van der Waals surface area contributed by atoms with E-state index >= 15 is 0 Å². The van der Waals surface area contributed by atoms with E-state index in [9.17, 15) is 4.79 Å². The summed E-state index contributed by atoms with van der Waals surface area (Å²) in [5, 5.41) is 0. The van der Waals surface area contributed by atoms with Gasteiger partial charge in [0.2, 0.25) is 0 Å². The summed E-state index contributed by atoms with van der Waals surface area (Å²) >= 11 is 0. The normalized spacial score (nSPS) is 11.9. The third-order valence-corrected chi connectivity index (χ3v) is 2.84. The van der Waals surface area contributed by atoms with Crippen molar-refractivity contribution in [1.82, 2.24) is 0 Å². The van der Waals surface area contributed by atoms with Crippen LogP contribution in [0.1, 0.15) is 65.2 Å². The SMILES string of the molecule is CCCCC/C=C/CC/C=C/C=C/CCCOC(C)=O. The Kier molecular flexibility index (Phi) is 14.7. The van der Waals surface area contributed by atoms with Crippen molar-refractivity contribution in [2.24, 2.45) is 0 Å². The van der Waals surface area contributed by atoms with E-state index in [4.69, 9.17) is 4.74 Å². The van der Waals surface area contributed by atoms with Gasteiger partial charge in [-0.25, -0.2) is 0 Å². The van der Waals surface area contributed by atoms with Gasteiger partial charge < -0.3 is 4.74 Å². The zero-order valence-electron chi connectivity index (χ0n) is 13.1. The van der Waals surface area contributed by atoms with Crippen molar-refractivity contribution in [1.29, 1.82) is 0 Å². The van der Waals surface area contributed by atoms with Crippen LogP contribution < -0.4 is 0 Å². The molecule has 0 fully saturated rings. The van der Waals surface area contributed by atoms with Gasteiger partial charge in [-0.15, -0.1) is 0 Å². The first-order valence-corrected chi connectivity index (χ1v) is 7.87. The van der Waals surface area contributed by atoms with Crippen LogP contribution in [0.4, 0.5) is 0 Å². The van der Waals surface area contributed by atoms with Crippen molar-refractivity contribution in [2.75, 3.05) is 6.61 Å². The highest BCUT2D eigenvalue weighted by atomic mass is 16.5. The first-order chi connectivity index (χ1) is 9.77. The molecule has 20 heavy (non-hydrogen) atoms. The molecule has 0 bridgehead atoms. The third kappa shape index (κ3) is 16.7. The monoisotopic (exact) mass is 278 g/mol. The number of hydrogen-bond donors (Lipinski definition) is 0. The van der Waals surface area contributed by atoms with Crippen molar-refractivity contribution < 1.29 is 9.53 Å². The fourth-order valence-corrected chi connectivity index (χ4v) is 1.71. The Morgan fingerprint density at radius 3 is 2.15 bits per heavy atom. The molecule has 0 aliphatic heterocycles. The zero-order chi connectivity index (χ0) is 14.9. The molecule has 0 radical (unpaired) electrons. The summed E-state index contributed by atoms with van der Waals surface area (Å²) in [6.45, 7) is 4.20. The smallest absolute Gasteiger partial charge is 0.302 e. The maximum absolute atomic E-state index is 10.5. The minimum absolute atomic E-state index is 0.198. The van der Waals surface area contributed by atoms with Crippen LogP contribution in [-0.2, 0) is 9.53 Å². The van der Waals surface area contributed by atoms with Crippen LogP contribution >= 0.6 is 0 Å². The third-order valence-electron chi connectivity index (χ3n) is 2.84. The minimum Gasteiger partial charge on any atom is -0.466 e. The molecule has 0 saturated heterocycles. The van der Waals surface area contributed by atoms with Gasteiger partial charge in [0.05, 0.1) is 6.61 Å². The number of unbranched alkanes of at least 4 members (excludes halogenated alkanes) is 5. The van der Waals surface area contributed by atoms with Crippen molar-refractivity contribution in [2.45, 2.75) is 65.2 Å². The van der Waals surface area contributed by atoms with Crippen LogP contribution in [0.5, 0.6) is 0 Å². The average Bonchev–Trinajstić information content (AvgIpc) is 2.43. The molecule has 0 rings (SSSR count). The van der Waals surface area contributed by atoms with Crippen LogP contribution in [0.2, 0.25) is 0 Å². The highest BCUT2D eigenvalue weighted by molar-refractivity contribution is 5.65. The summed E-state index contributed by atoms with van der Waals surface area (Å²) in [7, 11) is 0. The maximum Gasteiger partial charge on any atom is 0.302 e. The van der Waals surface area contributed by atoms with E-state index < -0.39 is 0 Å². The van der Waals surface area contributed by atoms with Gasteiger partial charge in [-0.3, -0.25) is 4.79 Å². The molecule has 0 spiro atoms. The highest BCUT2D eigenvalue weighted by Gasteiger charge is 1.89. The molecule has 0 aliphatic rings. The zero-order valence-corrected chi connectivity index (χ0v) is 13.1. The largest absolute Gasteiger partial charge is 0.466 e. The summed E-state index contributed by atoms with van der Waals surface area (Å²) in [6, 6.07) is 0. The number of ether oxygens (including phenoxy) is 1. The molecule has 2 nitrogen and oxygen atoms in total. The van der Waals surface area contributed by atoms with Crippen molar-refractivity contribution in [3.05, 3.63) is 36.5 Å². The Labute approximate surface area is 124 Å². The fourth-order valence-electron chi connectivity index (χ4n) is 1.71. The number of allylic oxidation sites excluding steroid dienone is 6. The summed E-state index contributed by atoms with van der Waals surface area (Å²) in [4.78, 5) is 10.5. The van der Waals surface area contributed by atoms with E-state index in [0.717, 1.165) is 25.7 Å². The van der Waals surface area contributed by atoms with E-state index in [1.165, 1.54) is 32.6 Å². The molecule has 2 heteroatoms. The first kappa shape index (κ1) is 18.7. The van der Waals surface area contributed by atoms with Gasteiger partial charge >= 0.3 is 5.97 Å². The lowest BCUT2D eigenvalue weighted by atomic mass is 10.2. The summed E-state index contributed by atoms with van der Waals surface area (Å²) in [6.07, 6.45) is 22.3. The molecule has 0 atom stereocenters. The number of hydrogen-bond acceptors (Lipinski definition) is 2. The van der Waals surface area contributed by atoms with Crippen molar-refractivity contribution in [3.63, 3.8) is 0 Å². The summed E-state index contributed by atoms with van der Waals surface area (Å²) < 4.78 is 4.85. The molecular weight excluding hydrogens is 248 g/mol. The quantitative estimate of drug-likeness (QED) is 0.208. The van der Waals surface area contributed by atoms with Gasteiger partial charge in [0.25, 0.3) is 0 Å². The first-order valence-electron chi connectivity index (χ1n) is 7.87.